The fourth-order valence-corrected chi connectivity index (χ4v) is 5.24. The van der Waals surface area contributed by atoms with Crippen LogP contribution >= 0.6 is 0 Å². The molecular formula is C27H34N6O2. The SMILES string of the molecule is O=C(NC1CCCCCC1)[C@@H]1C[C@@H](n2cnnn2)CN1Cc1ccc(OCc2ccccc2)cc1. The third-order valence-corrected chi connectivity index (χ3v) is 7.18. The number of nitrogens with one attached hydrogen (secondary N) is 1. The number of amides is 1. The van der Waals surface area contributed by atoms with Gasteiger partial charge in [-0.25, -0.2) is 4.68 Å². The van der Waals surface area contributed by atoms with Crippen LogP contribution in [0.15, 0.2) is 60.9 Å². The Balaban J connectivity index is 1.23. The van der Waals surface area contributed by atoms with Gasteiger partial charge in [-0.05, 0) is 52.9 Å². The molecule has 0 unspecified atom stereocenters. The summed E-state index contributed by atoms with van der Waals surface area (Å²) in [6.45, 7) is 1.98. The molecule has 3 aromatic rings. The Morgan fingerprint density at radius 3 is 2.46 bits per heavy atom. The van der Waals surface area contributed by atoms with Crippen LogP contribution < -0.4 is 10.1 Å². The summed E-state index contributed by atoms with van der Waals surface area (Å²) in [5.74, 6) is 0.975. The molecule has 2 aromatic carbocycles. The molecule has 1 N–H and O–H groups in total. The van der Waals surface area contributed by atoms with Gasteiger partial charge in [0, 0.05) is 19.1 Å². The van der Waals surface area contributed by atoms with Crippen molar-refractivity contribution in [1.29, 1.82) is 0 Å². The van der Waals surface area contributed by atoms with Gasteiger partial charge in [0.25, 0.3) is 0 Å². The highest BCUT2D eigenvalue weighted by atomic mass is 16.5. The molecule has 1 aromatic heterocycles. The van der Waals surface area contributed by atoms with Crippen LogP contribution in [0.1, 0.15) is 62.1 Å². The Labute approximate surface area is 206 Å². The lowest BCUT2D eigenvalue weighted by molar-refractivity contribution is -0.126. The van der Waals surface area contributed by atoms with Gasteiger partial charge in [0.2, 0.25) is 5.91 Å². The Bertz CT molecular complexity index is 1050. The lowest BCUT2D eigenvalue weighted by atomic mass is 10.1. The second-order valence-corrected chi connectivity index (χ2v) is 9.74. The zero-order chi connectivity index (χ0) is 23.9. The highest BCUT2D eigenvalue weighted by molar-refractivity contribution is 5.82. The molecule has 8 nitrogen and oxygen atoms in total. The van der Waals surface area contributed by atoms with Crippen molar-refractivity contribution in [3.8, 4) is 5.75 Å². The summed E-state index contributed by atoms with van der Waals surface area (Å²) in [5.41, 5.74) is 2.30. The molecule has 2 fully saturated rings. The fourth-order valence-electron chi connectivity index (χ4n) is 5.24. The van der Waals surface area contributed by atoms with Crippen LogP contribution in [0.25, 0.3) is 0 Å². The number of carbonyl (C=O) groups excluding carboxylic acids is 1. The second-order valence-electron chi connectivity index (χ2n) is 9.74. The molecule has 1 saturated heterocycles. The molecule has 0 spiro atoms. The standard InChI is InChI=1S/C27H34N6O2/c34-27(29-23-10-6-1-2-7-11-23)26-16-24(33-20-28-30-31-33)18-32(26)17-21-12-14-25(15-13-21)35-19-22-8-4-3-5-9-22/h3-5,8-9,12-15,20,23-24,26H,1-2,6-7,10-11,16-19H2,(H,29,34)/t24-,26+/m1/s1. The minimum Gasteiger partial charge on any atom is -0.489 e. The van der Waals surface area contributed by atoms with E-state index in [2.05, 4.69) is 50.0 Å². The van der Waals surface area contributed by atoms with E-state index in [1.165, 1.54) is 25.7 Å². The van der Waals surface area contributed by atoms with Gasteiger partial charge in [0.1, 0.15) is 18.7 Å². The van der Waals surface area contributed by atoms with Gasteiger partial charge < -0.3 is 10.1 Å². The third-order valence-electron chi connectivity index (χ3n) is 7.18. The summed E-state index contributed by atoms with van der Waals surface area (Å²) in [4.78, 5) is 15.6. The maximum atomic E-state index is 13.4. The molecule has 1 saturated carbocycles. The first-order valence-electron chi connectivity index (χ1n) is 12.8. The van der Waals surface area contributed by atoms with Crippen LogP contribution in [0.5, 0.6) is 5.75 Å². The monoisotopic (exact) mass is 474 g/mol. The van der Waals surface area contributed by atoms with Gasteiger partial charge >= 0.3 is 0 Å². The number of hydrogen-bond acceptors (Lipinski definition) is 6. The van der Waals surface area contributed by atoms with Gasteiger partial charge in [-0.2, -0.15) is 0 Å². The molecule has 1 amide bonds. The molecule has 0 bridgehead atoms. The molecule has 1 aliphatic heterocycles. The summed E-state index contributed by atoms with van der Waals surface area (Å²) in [6, 6.07) is 18.5. The predicted octanol–water partition coefficient (Wildman–Crippen LogP) is 3.91. The summed E-state index contributed by atoms with van der Waals surface area (Å²) in [7, 11) is 0. The molecule has 2 aliphatic rings. The van der Waals surface area contributed by atoms with Crippen molar-refractivity contribution >= 4 is 5.91 Å². The topological polar surface area (TPSA) is 85.2 Å². The zero-order valence-electron chi connectivity index (χ0n) is 20.1. The summed E-state index contributed by atoms with van der Waals surface area (Å²) >= 11 is 0. The highest BCUT2D eigenvalue weighted by Crippen LogP contribution is 2.29. The normalized spacial score (nSPS) is 21.5. The molecule has 2 atom stereocenters. The van der Waals surface area contributed by atoms with E-state index in [-0.39, 0.29) is 18.0 Å². The van der Waals surface area contributed by atoms with Gasteiger partial charge in [-0.15, -0.1) is 5.10 Å². The average Bonchev–Trinajstić information content (AvgIpc) is 3.50. The van der Waals surface area contributed by atoms with E-state index in [4.69, 9.17) is 4.74 Å². The van der Waals surface area contributed by atoms with E-state index >= 15 is 0 Å². The Hall–Kier alpha value is -3.26. The molecule has 8 heteroatoms. The van der Waals surface area contributed by atoms with Crippen LogP contribution in [0.2, 0.25) is 0 Å². The van der Waals surface area contributed by atoms with Crippen LogP contribution in [-0.4, -0.2) is 49.6 Å². The van der Waals surface area contributed by atoms with Crippen LogP contribution in [0, 0.1) is 0 Å². The number of hydrogen-bond donors (Lipinski definition) is 1. The number of carbonyl (C=O) groups is 1. The van der Waals surface area contributed by atoms with Crippen LogP contribution in [0.3, 0.4) is 0 Å². The number of tetrazole rings is 1. The summed E-state index contributed by atoms with van der Waals surface area (Å²) in [5, 5.41) is 15.1. The molecular weight excluding hydrogens is 440 g/mol. The smallest absolute Gasteiger partial charge is 0.237 e. The summed E-state index contributed by atoms with van der Waals surface area (Å²) < 4.78 is 7.72. The van der Waals surface area contributed by atoms with Gasteiger partial charge in [-0.3, -0.25) is 9.69 Å². The molecule has 1 aliphatic carbocycles. The summed E-state index contributed by atoms with van der Waals surface area (Å²) in [6.07, 6.45) is 9.47. The van der Waals surface area contributed by atoms with Gasteiger partial charge in [-0.1, -0.05) is 68.1 Å². The number of aromatic nitrogens is 4. The van der Waals surface area contributed by atoms with Gasteiger partial charge in [0.15, 0.2) is 0 Å². The third kappa shape index (κ3) is 6.25. The number of rotatable bonds is 8. The molecule has 2 heterocycles. The Kier molecular flexibility index (Phi) is 7.68. The molecule has 0 radical (unpaired) electrons. The van der Waals surface area contributed by atoms with Crippen molar-refractivity contribution in [2.45, 2.75) is 76.2 Å². The highest BCUT2D eigenvalue weighted by Gasteiger charge is 2.38. The first-order chi connectivity index (χ1) is 17.2. The van der Waals surface area contributed by atoms with Crippen LogP contribution in [-0.2, 0) is 17.9 Å². The largest absolute Gasteiger partial charge is 0.489 e. The van der Waals surface area contributed by atoms with Crippen molar-refractivity contribution in [3.05, 3.63) is 72.1 Å². The van der Waals surface area contributed by atoms with E-state index < -0.39 is 0 Å². The van der Waals surface area contributed by atoms with E-state index in [0.717, 1.165) is 36.3 Å². The van der Waals surface area contributed by atoms with Crippen molar-refractivity contribution in [2.75, 3.05) is 6.54 Å². The van der Waals surface area contributed by atoms with E-state index in [1.54, 1.807) is 11.0 Å². The number of ether oxygens (including phenoxy) is 1. The Morgan fingerprint density at radius 2 is 1.74 bits per heavy atom. The maximum Gasteiger partial charge on any atom is 0.237 e. The molecule has 184 valence electrons. The first-order valence-corrected chi connectivity index (χ1v) is 12.8. The van der Waals surface area contributed by atoms with E-state index in [9.17, 15) is 4.79 Å². The lowest BCUT2D eigenvalue weighted by Gasteiger charge is -2.26. The number of likely N-dealkylation sites (tertiary alicyclic amines) is 1. The fraction of sp³-hybridized carbons (Fsp3) is 0.481. The van der Waals surface area contributed by atoms with Crippen molar-refractivity contribution < 1.29 is 9.53 Å². The zero-order valence-corrected chi connectivity index (χ0v) is 20.1. The minimum absolute atomic E-state index is 0.0864. The number of nitrogens with zero attached hydrogens (tertiary/aromatic N) is 5. The quantitative estimate of drug-likeness (QED) is 0.499. The van der Waals surface area contributed by atoms with Crippen molar-refractivity contribution in [2.24, 2.45) is 0 Å². The van der Waals surface area contributed by atoms with E-state index in [0.29, 0.717) is 25.6 Å². The average molecular weight is 475 g/mol. The molecule has 35 heavy (non-hydrogen) atoms. The van der Waals surface area contributed by atoms with Crippen molar-refractivity contribution in [3.63, 3.8) is 0 Å². The van der Waals surface area contributed by atoms with Crippen LogP contribution in [0.4, 0.5) is 0 Å². The van der Waals surface area contributed by atoms with Crippen molar-refractivity contribution in [1.82, 2.24) is 30.4 Å². The van der Waals surface area contributed by atoms with Gasteiger partial charge in [0.05, 0.1) is 12.1 Å². The predicted molar refractivity (Wildman–Crippen MR) is 133 cm³/mol. The Morgan fingerprint density at radius 1 is 0.971 bits per heavy atom. The lowest BCUT2D eigenvalue weighted by Crippen LogP contribution is -2.46. The maximum absolute atomic E-state index is 13.4. The van der Waals surface area contributed by atoms with E-state index in [1.807, 2.05) is 30.3 Å². The first kappa shape index (κ1) is 23.5. The molecule has 5 rings (SSSR count). The minimum atomic E-state index is -0.193. The second kappa shape index (κ2) is 11.4. The number of benzene rings is 2.